The molecule has 0 aliphatic carbocycles. The van der Waals surface area contributed by atoms with Crippen LogP contribution in [0.3, 0.4) is 0 Å². The summed E-state index contributed by atoms with van der Waals surface area (Å²) in [6.07, 6.45) is 6.59. The fourth-order valence-electron chi connectivity index (χ4n) is 2.68. The van der Waals surface area contributed by atoms with Gasteiger partial charge in [0, 0.05) is 37.5 Å². The molecule has 4 nitrogen and oxygen atoms in total. The molecule has 17 heavy (non-hydrogen) atoms. The number of aliphatic hydroxyl groups is 1. The average Bonchev–Trinajstić information content (AvgIpc) is 2.89. The molecule has 0 radical (unpaired) electrons. The molecule has 1 unspecified atom stereocenters. The van der Waals surface area contributed by atoms with Gasteiger partial charge in [-0.15, -0.1) is 0 Å². The summed E-state index contributed by atoms with van der Waals surface area (Å²) in [6, 6.07) is 0.654. The van der Waals surface area contributed by atoms with Crippen LogP contribution in [0.1, 0.15) is 36.9 Å². The molecule has 1 saturated heterocycles. The van der Waals surface area contributed by atoms with E-state index in [4.69, 9.17) is 5.11 Å². The Bertz CT molecular complexity index is 362. The highest BCUT2D eigenvalue weighted by Crippen LogP contribution is 2.24. The first kappa shape index (κ1) is 12.6. The van der Waals surface area contributed by atoms with Gasteiger partial charge in [-0.25, -0.2) is 0 Å². The lowest BCUT2D eigenvalue weighted by Crippen LogP contribution is -2.29. The largest absolute Gasteiger partial charge is 0.396 e. The van der Waals surface area contributed by atoms with E-state index in [0.717, 1.165) is 19.4 Å². The van der Waals surface area contributed by atoms with Crippen molar-refractivity contribution in [3.63, 3.8) is 0 Å². The lowest BCUT2D eigenvalue weighted by Gasteiger charge is -2.24. The van der Waals surface area contributed by atoms with Crippen molar-refractivity contribution in [3.05, 3.63) is 17.5 Å². The predicted molar refractivity (Wildman–Crippen MR) is 67.7 cm³/mol. The molecule has 0 bridgehead atoms. The van der Waals surface area contributed by atoms with Gasteiger partial charge in [0.05, 0.1) is 6.20 Å². The first-order valence-electron chi connectivity index (χ1n) is 6.54. The topological polar surface area (TPSA) is 41.3 Å². The Morgan fingerprint density at radius 2 is 2.35 bits per heavy atom. The fraction of sp³-hybridized carbons (Fsp3) is 0.769. The summed E-state index contributed by atoms with van der Waals surface area (Å²) in [5.41, 5.74) is 2.60. The van der Waals surface area contributed by atoms with Crippen molar-refractivity contribution in [2.24, 2.45) is 7.05 Å². The van der Waals surface area contributed by atoms with Gasteiger partial charge in [0.15, 0.2) is 0 Å². The van der Waals surface area contributed by atoms with E-state index in [2.05, 4.69) is 16.9 Å². The molecule has 0 aromatic carbocycles. The summed E-state index contributed by atoms with van der Waals surface area (Å²) in [5.74, 6) is 0. The quantitative estimate of drug-likeness (QED) is 0.843. The molecule has 2 heterocycles. The van der Waals surface area contributed by atoms with Crippen molar-refractivity contribution in [2.45, 2.75) is 45.2 Å². The highest BCUT2D eigenvalue weighted by Gasteiger charge is 2.24. The van der Waals surface area contributed by atoms with Gasteiger partial charge in [-0.2, -0.15) is 5.10 Å². The van der Waals surface area contributed by atoms with Crippen molar-refractivity contribution < 1.29 is 5.11 Å². The first-order chi connectivity index (χ1) is 8.22. The van der Waals surface area contributed by atoms with E-state index < -0.39 is 0 Å². The smallest absolute Gasteiger partial charge is 0.0537 e. The van der Waals surface area contributed by atoms with Crippen molar-refractivity contribution in [3.8, 4) is 0 Å². The minimum atomic E-state index is 0.316. The van der Waals surface area contributed by atoms with Gasteiger partial charge in [0.25, 0.3) is 0 Å². The number of rotatable bonds is 5. The SMILES string of the molecule is Cc1c(CN2CCCC2CCCO)cnn1C. The predicted octanol–water partition coefficient (Wildman–Crippen LogP) is 1.47. The van der Waals surface area contributed by atoms with Crippen LogP contribution in [-0.2, 0) is 13.6 Å². The molecule has 1 aromatic rings. The van der Waals surface area contributed by atoms with Gasteiger partial charge in [0.2, 0.25) is 0 Å². The normalized spacial score (nSPS) is 21.2. The van der Waals surface area contributed by atoms with Gasteiger partial charge in [-0.05, 0) is 39.2 Å². The summed E-state index contributed by atoms with van der Waals surface area (Å²) >= 11 is 0. The Morgan fingerprint density at radius 3 is 3.00 bits per heavy atom. The van der Waals surface area contributed by atoms with Crippen LogP contribution in [0.2, 0.25) is 0 Å². The second-order valence-corrected chi connectivity index (χ2v) is 5.01. The van der Waals surface area contributed by atoms with Crippen LogP contribution in [0.4, 0.5) is 0 Å². The van der Waals surface area contributed by atoms with Crippen molar-refractivity contribution in [2.75, 3.05) is 13.2 Å². The Balaban J connectivity index is 1.95. The summed E-state index contributed by atoms with van der Waals surface area (Å²) in [5, 5.41) is 13.2. The standard InChI is InChI=1S/C13H23N3O/c1-11-12(9-14-15(11)2)10-16-7-3-5-13(16)6-4-8-17/h9,13,17H,3-8,10H2,1-2H3. The lowest BCUT2D eigenvalue weighted by molar-refractivity contribution is 0.210. The van der Waals surface area contributed by atoms with Crippen molar-refractivity contribution >= 4 is 0 Å². The molecule has 1 aliphatic heterocycles. The minimum absolute atomic E-state index is 0.316. The monoisotopic (exact) mass is 237 g/mol. The molecule has 0 saturated carbocycles. The average molecular weight is 237 g/mol. The molecule has 1 aliphatic rings. The number of aromatic nitrogens is 2. The van der Waals surface area contributed by atoms with Gasteiger partial charge in [0.1, 0.15) is 0 Å². The van der Waals surface area contributed by atoms with Crippen molar-refractivity contribution in [1.82, 2.24) is 14.7 Å². The third-order valence-corrected chi connectivity index (χ3v) is 3.90. The summed E-state index contributed by atoms with van der Waals surface area (Å²) in [6.45, 7) is 4.64. The van der Waals surface area contributed by atoms with E-state index in [1.54, 1.807) is 0 Å². The Kier molecular flexibility index (Phi) is 4.18. The van der Waals surface area contributed by atoms with Crippen LogP contribution in [0.15, 0.2) is 6.20 Å². The lowest BCUT2D eigenvalue weighted by atomic mass is 10.1. The summed E-state index contributed by atoms with van der Waals surface area (Å²) in [4.78, 5) is 2.54. The van der Waals surface area contributed by atoms with Crippen LogP contribution in [0.5, 0.6) is 0 Å². The zero-order valence-corrected chi connectivity index (χ0v) is 10.9. The molecule has 4 heteroatoms. The molecule has 96 valence electrons. The van der Waals surface area contributed by atoms with Gasteiger partial charge < -0.3 is 5.11 Å². The molecule has 0 amide bonds. The molecule has 1 fully saturated rings. The molecule has 1 N–H and O–H groups in total. The van der Waals surface area contributed by atoms with Crippen molar-refractivity contribution in [1.29, 1.82) is 0 Å². The maximum Gasteiger partial charge on any atom is 0.0537 e. The Hall–Kier alpha value is -0.870. The first-order valence-corrected chi connectivity index (χ1v) is 6.54. The molecule has 0 spiro atoms. The molecular weight excluding hydrogens is 214 g/mol. The zero-order valence-electron chi connectivity index (χ0n) is 10.9. The summed E-state index contributed by atoms with van der Waals surface area (Å²) in [7, 11) is 1.99. The van der Waals surface area contributed by atoms with Crippen LogP contribution < -0.4 is 0 Å². The molecular formula is C13H23N3O. The van der Waals surface area contributed by atoms with Crippen LogP contribution in [-0.4, -0.2) is 39.0 Å². The number of hydrogen-bond acceptors (Lipinski definition) is 3. The van der Waals surface area contributed by atoms with Crippen LogP contribution in [0.25, 0.3) is 0 Å². The second kappa shape index (κ2) is 5.65. The van der Waals surface area contributed by atoms with E-state index in [1.807, 2.05) is 17.9 Å². The second-order valence-electron chi connectivity index (χ2n) is 5.01. The van der Waals surface area contributed by atoms with Gasteiger partial charge >= 0.3 is 0 Å². The van der Waals surface area contributed by atoms with E-state index in [9.17, 15) is 0 Å². The number of nitrogens with zero attached hydrogens (tertiary/aromatic N) is 3. The highest BCUT2D eigenvalue weighted by atomic mass is 16.2. The maximum absolute atomic E-state index is 8.92. The number of hydrogen-bond donors (Lipinski definition) is 1. The van der Waals surface area contributed by atoms with E-state index >= 15 is 0 Å². The Morgan fingerprint density at radius 1 is 1.53 bits per heavy atom. The van der Waals surface area contributed by atoms with Gasteiger partial charge in [-0.3, -0.25) is 9.58 Å². The fourth-order valence-corrected chi connectivity index (χ4v) is 2.68. The van der Waals surface area contributed by atoms with Crippen LogP contribution in [0, 0.1) is 6.92 Å². The zero-order chi connectivity index (χ0) is 12.3. The number of aliphatic hydroxyl groups excluding tert-OH is 1. The van der Waals surface area contributed by atoms with Gasteiger partial charge in [-0.1, -0.05) is 0 Å². The number of aryl methyl sites for hydroxylation is 1. The summed E-state index contributed by atoms with van der Waals surface area (Å²) < 4.78 is 1.94. The van der Waals surface area contributed by atoms with E-state index in [1.165, 1.54) is 30.6 Å². The Labute approximate surface area is 103 Å². The molecule has 2 rings (SSSR count). The minimum Gasteiger partial charge on any atom is -0.396 e. The van der Waals surface area contributed by atoms with Crippen LogP contribution >= 0.6 is 0 Å². The number of likely N-dealkylation sites (tertiary alicyclic amines) is 1. The van der Waals surface area contributed by atoms with E-state index in [0.29, 0.717) is 12.6 Å². The molecule has 1 aromatic heterocycles. The maximum atomic E-state index is 8.92. The molecule has 1 atom stereocenters. The third-order valence-electron chi connectivity index (χ3n) is 3.90. The third kappa shape index (κ3) is 2.87. The highest BCUT2D eigenvalue weighted by molar-refractivity contribution is 5.16. The van der Waals surface area contributed by atoms with E-state index in [-0.39, 0.29) is 0 Å².